The van der Waals surface area contributed by atoms with E-state index < -0.39 is 15.7 Å². The number of carbonyl (C=O) groups is 3. The molecule has 2 aliphatic heterocycles. The predicted molar refractivity (Wildman–Crippen MR) is 139 cm³/mol. The van der Waals surface area contributed by atoms with Gasteiger partial charge in [0.1, 0.15) is 19.0 Å². The van der Waals surface area contributed by atoms with Crippen molar-refractivity contribution >= 4 is 58.3 Å². The molecule has 1 fully saturated rings. The van der Waals surface area contributed by atoms with Crippen molar-refractivity contribution in [3.63, 3.8) is 0 Å². The molecule has 8 nitrogen and oxygen atoms in total. The number of fused-ring (bicyclic) bond motifs is 1. The number of likely N-dealkylation sites (tertiary alicyclic amines) is 1. The molecule has 0 aromatic heterocycles. The topological polar surface area (TPSA) is 94.2 Å². The Kier molecular flexibility index (Phi) is 9.92. The maximum Gasteiger partial charge on any atom is 0.341 e. The number of nitrogens with one attached hydrogen (secondary N) is 1. The van der Waals surface area contributed by atoms with Crippen LogP contribution in [0.2, 0.25) is 0 Å². The van der Waals surface area contributed by atoms with Crippen LogP contribution in [-0.4, -0.2) is 59.9 Å². The molecule has 1 N–H and O–H groups in total. The quantitative estimate of drug-likeness (QED) is 0.247. The molecule has 198 valence electrons. The van der Waals surface area contributed by atoms with E-state index in [9.17, 15) is 14.4 Å². The zero-order valence-corrected chi connectivity index (χ0v) is 22.9. The summed E-state index contributed by atoms with van der Waals surface area (Å²) >= 11 is 17.3. The third-order valence-corrected chi connectivity index (χ3v) is 6.94. The largest absolute Gasteiger partial charge is 0.496 e. The number of halogens is 3. The fourth-order valence-corrected chi connectivity index (χ4v) is 4.56. The molecular formula is C25H31Cl3N2O6. The summed E-state index contributed by atoms with van der Waals surface area (Å²) in [6, 6.07) is 0. The number of rotatable bonds is 10. The Morgan fingerprint density at radius 1 is 1.19 bits per heavy atom. The first-order valence-electron chi connectivity index (χ1n) is 11.8. The summed E-state index contributed by atoms with van der Waals surface area (Å²) in [5.74, 6) is -1.23. The van der Waals surface area contributed by atoms with Crippen LogP contribution >= 0.6 is 34.8 Å². The highest BCUT2D eigenvalue weighted by atomic mass is 35.6. The molecule has 1 aromatic carbocycles. The average molecular weight is 562 g/mol. The monoisotopic (exact) mass is 560 g/mol. The molecule has 0 radical (unpaired) electrons. The Morgan fingerprint density at radius 3 is 2.53 bits per heavy atom. The number of hydrogen-bond donors (Lipinski definition) is 1. The minimum absolute atomic E-state index is 0.0576. The molecular weight excluding hydrogens is 531 g/mol. The maximum atomic E-state index is 12.5. The number of ether oxygens (including phenoxy) is 3. The van der Waals surface area contributed by atoms with Gasteiger partial charge in [0.05, 0.1) is 18.4 Å². The van der Waals surface area contributed by atoms with Crippen LogP contribution in [0, 0.1) is 6.92 Å². The van der Waals surface area contributed by atoms with Gasteiger partial charge in [-0.3, -0.25) is 14.5 Å². The summed E-state index contributed by atoms with van der Waals surface area (Å²) in [5, 5.41) is 2.58. The second-order valence-electron chi connectivity index (χ2n) is 8.92. The van der Waals surface area contributed by atoms with Crippen LogP contribution in [0.25, 0.3) is 0 Å². The third-order valence-electron chi connectivity index (χ3n) is 6.42. The van der Waals surface area contributed by atoms with E-state index in [1.54, 1.807) is 0 Å². The van der Waals surface area contributed by atoms with Gasteiger partial charge in [-0.25, -0.2) is 4.79 Å². The van der Waals surface area contributed by atoms with Gasteiger partial charge in [-0.15, -0.1) is 0 Å². The number of nitrogens with zero attached hydrogens (tertiary/aromatic N) is 1. The number of cyclic esters (lactones) is 1. The Balaban J connectivity index is 1.74. The highest BCUT2D eigenvalue weighted by Crippen LogP contribution is 2.42. The van der Waals surface area contributed by atoms with Gasteiger partial charge in [0.2, 0.25) is 0 Å². The van der Waals surface area contributed by atoms with E-state index >= 15 is 0 Å². The molecule has 0 atom stereocenters. The summed E-state index contributed by atoms with van der Waals surface area (Å²) in [6.07, 6.45) is 5.37. The van der Waals surface area contributed by atoms with Crippen LogP contribution in [0.4, 0.5) is 5.69 Å². The number of hydrogen-bond acceptors (Lipinski definition) is 7. The molecule has 0 unspecified atom stereocenters. The number of methoxy groups -OCH3 is 1. The lowest BCUT2D eigenvalue weighted by Crippen LogP contribution is -2.28. The van der Waals surface area contributed by atoms with Gasteiger partial charge in [-0.2, -0.15) is 0 Å². The molecule has 2 aliphatic rings. The van der Waals surface area contributed by atoms with E-state index in [4.69, 9.17) is 49.0 Å². The second kappa shape index (κ2) is 12.5. The average Bonchev–Trinajstić information content (AvgIpc) is 3.47. The van der Waals surface area contributed by atoms with Gasteiger partial charge < -0.3 is 19.5 Å². The molecule has 0 aliphatic carbocycles. The zero-order chi connectivity index (χ0) is 26.5. The fourth-order valence-electron chi connectivity index (χ4n) is 4.42. The molecule has 1 aromatic rings. The van der Waals surface area contributed by atoms with Crippen molar-refractivity contribution in [2.24, 2.45) is 0 Å². The number of carbonyl (C=O) groups excluding carboxylic acids is 3. The summed E-state index contributed by atoms with van der Waals surface area (Å²) in [4.78, 5) is 39.5. The lowest BCUT2D eigenvalue weighted by molar-refractivity contribution is -0.144. The molecule has 1 amide bonds. The SMILES string of the molecule is COc1c(C)c2c(c(NC(=O)C(Cl)(Cl)Cl)c1CC=C(C)CCC(=O)OCCN1CCCC1)C(=O)OC2. The van der Waals surface area contributed by atoms with Gasteiger partial charge in [-0.1, -0.05) is 46.5 Å². The Morgan fingerprint density at radius 2 is 1.89 bits per heavy atom. The van der Waals surface area contributed by atoms with E-state index in [0.29, 0.717) is 36.3 Å². The van der Waals surface area contributed by atoms with Gasteiger partial charge in [0.25, 0.3) is 9.70 Å². The van der Waals surface area contributed by atoms with Crippen LogP contribution in [-0.2, 0) is 32.1 Å². The number of benzene rings is 1. The van der Waals surface area contributed by atoms with Crippen molar-refractivity contribution in [3.8, 4) is 5.75 Å². The number of alkyl halides is 3. The predicted octanol–water partition coefficient (Wildman–Crippen LogP) is 4.89. The van der Waals surface area contributed by atoms with Crippen molar-refractivity contribution in [2.75, 3.05) is 38.7 Å². The van der Waals surface area contributed by atoms with Crippen molar-refractivity contribution in [1.82, 2.24) is 4.90 Å². The normalized spacial score (nSPS) is 16.1. The van der Waals surface area contributed by atoms with Gasteiger partial charge in [0, 0.05) is 24.1 Å². The molecule has 0 spiro atoms. The third kappa shape index (κ3) is 7.06. The summed E-state index contributed by atoms with van der Waals surface area (Å²) in [5.41, 5.74) is 3.23. The highest BCUT2D eigenvalue weighted by molar-refractivity contribution is 6.76. The summed E-state index contributed by atoms with van der Waals surface area (Å²) < 4.78 is 14.0. The molecule has 2 heterocycles. The van der Waals surface area contributed by atoms with Crippen LogP contribution < -0.4 is 10.1 Å². The van der Waals surface area contributed by atoms with E-state index in [-0.39, 0.29) is 30.2 Å². The van der Waals surface area contributed by atoms with Crippen molar-refractivity contribution in [1.29, 1.82) is 0 Å². The van der Waals surface area contributed by atoms with E-state index in [1.165, 1.54) is 20.0 Å². The van der Waals surface area contributed by atoms with Crippen molar-refractivity contribution in [2.45, 2.75) is 56.4 Å². The summed E-state index contributed by atoms with van der Waals surface area (Å²) in [7, 11) is 1.51. The molecule has 11 heteroatoms. The standard InChI is InChI=1S/C25H31Cl3N2O6/c1-15(7-9-19(31)35-13-12-30-10-4-5-11-30)6-8-17-21(29-24(33)25(26,27)28)20-18(14-36-23(20)32)16(2)22(17)34-3/h6H,4-5,7-14H2,1-3H3,(H,29,33). The maximum absolute atomic E-state index is 12.5. The fraction of sp³-hybridized carbons (Fsp3) is 0.560. The molecule has 36 heavy (non-hydrogen) atoms. The Labute approximate surface area is 226 Å². The summed E-state index contributed by atoms with van der Waals surface area (Å²) in [6.45, 7) is 7.07. The first-order chi connectivity index (χ1) is 17.0. The number of anilines is 1. The van der Waals surface area contributed by atoms with E-state index in [0.717, 1.165) is 30.8 Å². The lowest BCUT2D eigenvalue weighted by atomic mass is 9.93. The van der Waals surface area contributed by atoms with E-state index in [1.807, 2.05) is 19.9 Å². The lowest BCUT2D eigenvalue weighted by Gasteiger charge is -2.21. The minimum atomic E-state index is -2.23. The smallest absolute Gasteiger partial charge is 0.341 e. The Bertz CT molecular complexity index is 1050. The number of amides is 1. The number of esters is 2. The molecule has 3 rings (SSSR count). The molecule has 1 saturated heterocycles. The minimum Gasteiger partial charge on any atom is -0.496 e. The van der Waals surface area contributed by atoms with Gasteiger partial charge in [-0.05, 0) is 58.2 Å². The van der Waals surface area contributed by atoms with Crippen LogP contribution in [0.3, 0.4) is 0 Å². The number of allylic oxidation sites excluding steroid dienone is 2. The van der Waals surface area contributed by atoms with Gasteiger partial charge in [0.15, 0.2) is 0 Å². The van der Waals surface area contributed by atoms with Crippen LogP contribution in [0.5, 0.6) is 5.75 Å². The Hall–Kier alpha value is -2.00. The van der Waals surface area contributed by atoms with Crippen LogP contribution in [0.1, 0.15) is 59.7 Å². The zero-order valence-electron chi connectivity index (χ0n) is 20.7. The first kappa shape index (κ1) is 28.6. The molecule has 0 bridgehead atoms. The first-order valence-corrected chi connectivity index (χ1v) is 13.0. The van der Waals surface area contributed by atoms with Crippen LogP contribution in [0.15, 0.2) is 11.6 Å². The van der Waals surface area contributed by atoms with Gasteiger partial charge >= 0.3 is 11.9 Å². The van der Waals surface area contributed by atoms with E-state index in [2.05, 4.69) is 10.2 Å². The van der Waals surface area contributed by atoms with Crippen molar-refractivity contribution in [3.05, 3.63) is 33.9 Å². The highest BCUT2D eigenvalue weighted by Gasteiger charge is 2.36. The second-order valence-corrected chi connectivity index (χ2v) is 11.2. The molecule has 0 saturated carbocycles. The van der Waals surface area contributed by atoms with Crippen molar-refractivity contribution < 1.29 is 28.6 Å².